The smallest absolute Gasteiger partial charge is 0.231 e. The van der Waals surface area contributed by atoms with Crippen molar-refractivity contribution in [1.29, 1.82) is 0 Å². The van der Waals surface area contributed by atoms with Gasteiger partial charge in [-0.25, -0.2) is 9.07 Å². The molecule has 0 aliphatic carbocycles. The Morgan fingerprint density at radius 1 is 1.11 bits per heavy atom. The summed E-state index contributed by atoms with van der Waals surface area (Å²) in [5.74, 6) is 0.189. The van der Waals surface area contributed by atoms with Crippen molar-refractivity contribution in [1.82, 2.24) is 14.8 Å². The highest BCUT2D eigenvalue weighted by molar-refractivity contribution is 6.30. The van der Waals surface area contributed by atoms with Gasteiger partial charge in [-0.15, -0.1) is 0 Å². The molecule has 2 heterocycles. The van der Waals surface area contributed by atoms with Crippen LogP contribution < -0.4 is 4.90 Å². The molecule has 0 unspecified atom stereocenters. The summed E-state index contributed by atoms with van der Waals surface area (Å²) in [6.45, 7) is 1.83. The Morgan fingerprint density at radius 3 is 2.41 bits per heavy atom. The molecule has 0 fully saturated rings. The monoisotopic (exact) mass is 384 g/mol. The minimum Gasteiger partial charge on any atom is -0.274 e. The van der Waals surface area contributed by atoms with Crippen LogP contribution in [0.4, 0.5) is 10.3 Å². The number of carbonyl (C=O) groups excluding carboxylic acids is 1. The summed E-state index contributed by atoms with van der Waals surface area (Å²) in [4.78, 5) is 18.8. The normalized spacial score (nSPS) is 19.0. The summed E-state index contributed by atoms with van der Waals surface area (Å²) in [6, 6.07) is 13.5. The van der Waals surface area contributed by atoms with Gasteiger partial charge in [0, 0.05) is 11.4 Å². The van der Waals surface area contributed by atoms with E-state index in [1.807, 2.05) is 31.2 Å². The van der Waals surface area contributed by atoms with Crippen LogP contribution in [0.15, 0.2) is 54.9 Å². The molecular weight excluding hydrogens is 367 g/mol. The molecule has 0 saturated heterocycles. The molecule has 3 aromatic rings. The predicted molar refractivity (Wildman–Crippen MR) is 101 cm³/mol. The van der Waals surface area contributed by atoms with Gasteiger partial charge in [-0.3, -0.25) is 9.69 Å². The van der Waals surface area contributed by atoms with Gasteiger partial charge in [-0.05, 0) is 41.8 Å². The predicted octanol–water partition coefficient (Wildman–Crippen LogP) is 4.55. The van der Waals surface area contributed by atoms with Crippen molar-refractivity contribution in [2.24, 2.45) is 0 Å². The molecule has 5 nitrogen and oxygen atoms in total. The molecule has 1 aromatic heterocycles. The van der Waals surface area contributed by atoms with Crippen LogP contribution >= 0.6 is 11.6 Å². The van der Waals surface area contributed by atoms with E-state index in [2.05, 4.69) is 10.1 Å². The SMILES string of the molecule is CCC(=O)N1c2ncnn2[C@H](c2ccc(F)cc2)C[C@H]1c1ccc(Cl)cc1. The van der Waals surface area contributed by atoms with Gasteiger partial charge < -0.3 is 0 Å². The third-order valence-corrected chi connectivity index (χ3v) is 5.16. The van der Waals surface area contributed by atoms with Crippen molar-refractivity contribution in [3.8, 4) is 0 Å². The quantitative estimate of drug-likeness (QED) is 0.665. The van der Waals surface area contributed by atoms with Gasteiger partial charge in [-0.1, -0.05) is 42.8 Å². The first-order chi connectivity index (χ1) is 13.1. The number of benzene rings is 2. The second-order valence-corrected chi connectivity index (χ2v) is 6.93. The largest absolute Gasteiger partial charge is 0.274 e. The lowest BCUT2D eigenvalue weighted by atomic mass is 9.92. The summed E-state index contributed by atoms with van der Waals surface area (Å²) >= 11 is 6.04. The minimum atomic E-state index is -0.287. The van der Waals surface area contributed by atoms with Gasteiger partial charge in [0.05, 0.1) is 12.1 Å². The van der Waals surface area contributed by atoms with Crippen LogP contribution in [-0.2, 0) is 4.79 Å². The van der Waals surface area contributed by atoms with Crippen LogP contribution in [0.1, 0.15) is 43.0 Å². The topological polar surface area (TPSA) is 51.0 Å². The molecule has 0 radical (unpaired) electrons. The van der Waals surface area contributed by atoms with Gasteiger partial charge in [0.25, 0.3) is 0 Å². The zero-order chi connectivity index (χ0) is 19.0. The highest BCUT2D eigenvalue weighted by Gasteiger charge is 2.38. The van der Waals surface area contributed by atoms with Crippen molar-refractivity contribution < 1.29 is 9.18 Å². The van der Waals surface area contributed by atoms with E-state index >= 15 is 0 Å². The van der Waals surface area contributed by atoms with Crippen LogP contribution in [0.3, 0.4) is 0 Å². The maximum Gasteiger partial charge on any atom is 0.231 e. The Hall–Kier alpha value is -2.73. The van der Waals surface area contributed by atoms with E-state index < -0.39 is 0 Å². The van der Waals surface area contributed by atoms with E-state index in [-0.39, 0.29) is 23.8 Å². The fourth-order valence-electron chi connectivity index (χ4n) is 3.58. The Morgan fingerprint density at radius 2 is 1.74 bits per heavy atom. The second kappa shape index (κ2) is 7.12. The Labute approximate surface area is 161 Å². The number of nitrogens with zero attached hydrogens (tertiary/aromatic N) is 4. The van der Waals surface area contributed by atoms with Crippen LogP contribution in [0, 0.1) is 5.82 Å². The van der Waals surface area contributed by atoms with Gasteiger partial charge in [0.2, 0.25) is 11.9 Å². The molecule has 7 heteroatoms. The van der Waals surface area contributed by atoms with Crippen LogP contribution in [-0.4, -0.2) is 20.7 Å². The molecule has 138 valence electrons. The second-order valence-electron chi connectivity index (χ2n) is 6.49. The van der Waals surface area contributed by atoms with E-state index in [1.54, 1.807) is 21.7 Å². The average molecular weight is 385 g/mol. The number of rotatable bonds is 3. The first kappa shape index (κ1) is 17.7. The standard InChI is InChI=1S/C20H18ClFN4O/c1-2-19(27)25-17(13-3-7-15(21)8-4-13)11-18(26-20(25)23-12-24-26)14-5-9-16(22)10-6-14/h3-10,12,17-18H,2,11H2,1H3/t17-,18-/m0/s1. The van der Waals surface area contributed by atoms with Gasteiger partial charge in [0.15, 0.2) is 0 Å². The highest BCUT2D eigenvalue weighted by Crippen LogP contribution is 2.42. The molecule has 0 N–H and O–H groups in total. The summed E-state index contributed by atoms with van der Waals surface area (Å²) in [7, 11) is 0. The summed E-state index contributed by atoms with van der Waals surface area (Å²) in [6.07, 6.45) is 2.42. The number of hydrogen-bond acceptors (Lipinski definition) is 3. The molecule has 0 spiro atoms. The number of fused-ring (bicyclic) bond motifs is 1. The van der Waals surface area contributed by atoms with E-state index in [4.69, 9.17) is 11.6 Å². The van der Waals surface area contributed by atoms with Crippen molar-refractivity contribution in [3.63, 3.8) is 0 Å². The number of hydrogen-bond donors (Lipinski definition) is 0. The zero-order valence-electron chi connectivity index (χ0n) is 14.7. The van der Waals surface area contributed by atoms with Crippen molar-refractivity contribution in [2.45, 2.75) is 31.8 Å². The third-order valence-electron chi connectivity index (χ3n) is 4.90. The Kier molecular flexibility index (Phi) is 4.66. The van der Waals surface area contributed by atoms with Crippen molar-refractivity contribution >= 4 is 23.5 Å². The number of aromatic nitrogens is 3. The molecule has 2 atom stereocenters. The molecule has 27 heavy (non-hydrogen) atoms. The Balaban J connectivity index is 1.83. The first-order valence-corrected chi connectivity index (χ1v) is 9.18. The third kappa shape index (κ3) is 3.21. The van der Waals surface area contributed by atoms with Crippen LogP contribution in [0.5, 0.6) is 0 Å². The molecule has 0 saturated carbocycles. The molecule has 1 aliphatic heterocycles. The molecule has 2 aromatic carbocycles. The first-order valence-electron chi connectivity index (χ1n) is 8.81. The lowest BCUT2D eigenvalue weighted by molar-refractivity contribution is -0.119. The molecule has 1 amide bonds. The van der Waals surface area contributed by atoms with Gasteiger partial charge in [-0.2, -0.15) is 10.1 Å². The maximum atomic E-state index is 13.4. The van der Waals surface area contributed by atoms with Crippen molar-refractivity contribution in [3.05, 3.63) is 76.8 Å². The highest BCUT2D eigenvalue weighted by atomic mass is 35.5. The molecule has 1 aliphatic rings. The summed E-state index contributed by atoms with van der Waals surface area (Å²) in [5, 5.41) is 4.98. The molecule has 4 rings (SSSR count). The van der Waals surface area contributed by atoms with Crippen LogP contribution in [0.2, 0.25) is 5.02 Å². The lowest BCUT2D eigenvalue weighted by Gasteiger charge is -2.39. The summed E-state index contributed by atoms with van der Waals surface area (Å²) < 4.78 is 15.1. The van der Waals surface area contributed by atoms with Crippen molar-refractivity contribution in [2.75, 3.05) is 4.90 Å². The lowest BCUT2D eigenvalue weighted by Crippen LogP contribution is -2.42. The number of anilines is 1. The maximum absolute atomic E-state index is 13.4. The fraction of sp³-hybridized carbons (Fsp3) is 0.250. The fourth-order valence-corrected chi connectivity index (χ4v) is 3.71. The van der Waals surface area contributed by atoms with Crippen LogP contribution in [0.25, 0.3) is 0 Å². The van der Waals surface area contributed by atoms with Gasteiger partial charge >= 0.3 is 0 Å². The summed E-state index contributed by atoms with van der Waals surface area (Å²) in [5.41, 5.74) is 1.90. The average Bonchev–Trinajstić information content (AvgIpc) is 3.17. The molecular formula is C20H18ClFN4O. The van der Waals surface area contributed by atoms with E-state index in [1.165, 1.54) is 18.5 Å². The molecule has 0 bridgehead atoms. The Bertz CT molecular complexity index is 955. The number of carbonyl (C=O) groups is 1. The van der Waals surface area contributed by atoms with E-state index in [9.17, 15) is 9.18 Å². The van der Waals surface area contributed by atoms with E-state index in [0.717, 1.165) is 11.1 Å². The zero-order valence-corrected chi connectivity index (χ0v) is 15.5. The number of halogens is 2. The van der Waals surface area contributed by atoms with Gasteiger partial charge in [0.1, 0.15) is 12.1 Å². The number of amides is 1. The minimum absolute atomic E-state index is 0.0262. The van der Waals surface area contributed by atoms with E-state index in [0.29, 0.717) is 23.8 Å².